The van der Waals surface area contributed by atoms with Gasteiger partial charge in [0.05, 0.1) is 13.2 Å². The summed E-state index contributed by atoms with van der Waals surface area (Å²) in [4.78, 5) is 23.3. The van der Waals surface area contributed by atoms with Crippen molar-refractivity contribution in [2.45, 2.75) is 25.8 Å². The van der Waals surface area contributed by atoms with Gasteiger partial charge in [0.25, 0.3) is 0 Å². The van der Waals surface area contributed by atoms with E-state index < -0.39 is 23.6 Å². The third-order valence-electron chi connectivity index (χ3n) is 2.84. The first-order chi connectivity index (χ1) is 9.49. The maximum absolute atomic E-state index is 13.1. The number of hydrogen-bond acceptors (Lipinski definition) is 4. The van der Waals surface area contributed by atoms with Crippen LogP contribution in [0.4, 0.5) is 8.78 Å². The Bertz CT molecular complexity index is 491. The summed E-state index contributed by atoms with van der Waals surface area (Å²) in [5, 5.41) is 2.92. The van der Waals surface area contributed by atoms with Gasteiger partial charge in [-0.15, -0.1) is 0 Å². The van der Waals surface area contributed by atoms with E-state index in [1.54, 1.807) is 0 Å². The van der Waals surface area contributed by atoms with Crippen LogP contribution in [0.1, 0.15) is 30.1 Å². The van der Waals surface area contributed by atoms with Crippen molar-refractivity contribution >= 4 is 11.8 Å². The van der Waals surface area contributed by atoms with Crippen LogP contribution in [0, 0.1) is 11.6 Å². The van der Waals surface area contributed by atoms with Crippen LogP contribution >= 0.6 is 0 Å². The third kappa shape index (κ3) is 4.38. The van der Waals surface area contributed by atoms with E-state index in [2.05, 4.69) is 10.1 Å². The van der Waals surface area contributed by atoms with E-state index in [9.17, 15) is 18.4 Å². The summed E-state index contributed by atoms with van der Waals surface area (Å²) < 4.78 is 30.5. The Hall–Kier alpha value is -1.82. The zero-order valence-corrected chi connectivity index (χ0v) is 11.4. The molecule has 0 aliphatic heterocycles. The average molecular weight is 285 g/mol. The van der Waals surface area contributed by atoms with Gasteiger partial charge in [0, 0.05) is 12.0 Å². The minimum Gasteiger partial charge on any atom is -0.469 e. The number of carbonyl (C=O) groups excluding carboxylic acids is 2. The highest BCUT2D eigenvalue weighted by molar-refractivity contribution is 6.00. The number of ether oxygens (including phenoxy) is 1. The molecule has 0 heterocycles. The van der Waals surface area contributed by atoms with Crippen molar-refractivity contribution in [3.05, 3.63) is 35.4 Å². The van der Waals surface area contributed by atoms with Crippen molar-refractivity contribution in [2.75, 3.05) is 13.7 Å². The minimum absolute atomic E-state index is 0.0692. The lowest BCUT2D eigenvalue weighted by molar-refractivity contribution is -0.140. The summed E-state index contributed by atoms with van der Waals surface area (Å²) in [6.07, 6.45) is 0.307. The molecule has 1 atom stereocenters. The van der Waals surface area contributed by atoms with Crippen LogP contribution in [0.15, 0.2) is 18.2 Å². The number of nitrogens with one attached hydrogen (secondary N) is 1. The van der Waals surface area contributed by atoms with Crippen molar-refractivity contribution in [2.24, 2.45) is 0 Å². The maximum atomic E-state index is 13.1. The van der Waals surface area contributed by atoms with Crippen molar-refractivity contribution in [3.63, 3.8) is 0 Å². The van der Waals surface area contributed by atoms with Crippen LogP contribution < -0.4 is 5.32 Å². The lowest BCUT2D eigenvalue weighted by atomic mass is 10.00. The first kappa shape index (κ1) is 16.2. The first-order valence-electron chi connectivity index (χ1n) is 6.29. The van der Waals surface area contributed by atoms with Gasteiger partial charge in [-0.1, -0.05) is 6.92 Å². The molecular formula is C14H17F2NO3. The molecule has 110 valence electrons. The van der Waals surface area contributed by atoms with E-state index in [-0.39, 0.29) is 24.2 Å². The number of methoxy groups -OCH3 is 1. The van der Waals surface area contributed by atoms with E-state index in [1.165, 1.54) is 13.2 Å². The Balaban J connectivity index is 2.81. The van der Waals surface area contributed by atoms with E-state index in [4.69, 9.17) is 0 Å². The van der Waals surface area contributed by atoms with E-state index >= 15 is 0 Å². The van der Waals surface area contributed by atoms with Crippen LogP contribution in [0.25, 0.3) is 0 Å². The zero-order valence-electron chi connectivity index (χ0n) is 11.4. The normalized spacial score (nSPS) is 12.0. The molecule has 1 aromatic carbocycles. The molecule has 0 fully saturated rings. The van der Waals surface area contributed by atoms with Crippen LogP contribution in [0.5, 0.6) is 0 Å². The topological polar surface area (TPSA) is 55.4 Å². The highest BCUT2D eigenvalue weighted by Gasteiger charge is 2.21. The summed E-state index contributed by atoms with van der Waals surface area (Å²) in [5.74, 6) is -2.88. The minimum atomic E-state index is -1.07. The highest BCUT2D eigenvalue weighted by Crippen LogP contribution is 2.13. The molecule has 0 aliphatic rings. The van der Waals surface area contributed by atoms with Crippen LogP contribution in [0.2, 0.25) is 0 Å². The monoisotopic (exact) mass is 285 g/mol. The number of rotatable bonds is 7. The molecule has 0 radical (unpaired) electrons. The number of esters is 1. The summed E-state index contributed by atoms with van der Waals surface area (Å²) in [6.45, 7) is 2.32. The molecule has 1 N–H and O–H groups in total. The summed E-state index contributed by atoms with van der Waals surface area (Å²) in [5.41, 5.74) is 0.0692. The van der Waals surface area contributed by atoms with Crippen molar-refractivity contribution in [1.82, 2.24) is 5.32 Å². The van der Waals surface area contributed by atoms with Gasteiger partial charge >= 0.3 is 5.97 Å². The number of Topliss-reactive ketones (excluding diaryl/α,β-unsaturated/α-hetero) is 1. The molecule has 0 aliphatic carbocycles. The predicted molar refractivity (Wildman–Crippen MR) is 69.4 cm³/mol. The lowest BCUT2D eigenvalue weighted by Gasteiger charge is -2.16. The van der Waals surface area contributed by atoms with Gasteiger partial charge in [-0.25, -0.2) is 8.78 Å². The number of ketones is 1. The third-order valence-corrected chi connectivity index (χ3v) is 2.84. The average Bonchev–Trinajstić information content (AvgIpc) is 2.45. The fourth-order valence-electron chi connectivity index (χ4n) is 1.79. The van der Waals surface area contributed by atoms with Gasteiger partial charge in [0.15, 0.2) is 17.4 Å². The van der Waals surface area contributed by atoms with Crippen molar-refractivity contribution in [1.29, 1.82) is 0 Å². The van der Waals surface area contributed by atoms with Gasteiger partial charge in [-0.05, 0) is 31.2 Å². The lowest BCUT2D eigenvalue weighted by Crippen LogP contribution is -2.37. The van der Waals surface area contributed by atoms with E-state index in [1.807, 2.05) is 6.92 Å². The molecule has 20 heavy (non-hydrogen) atoms. The molecule has 0 saturated heterocycles. The Morgan fingerprint density at radius 2 is 2.00 bits per heavy atom. The molecule has 1 rings (SSSR count). The molecule has 6 heteroatoms. The highest BCUT2D eigenvalue weighted by atomic mass is 19.2. The van der Waals surface area contributed by atoms with Gasteiger partial charge in [0.2, 0.25) is 0 Å². The fraction of sp³-hybridized carbons (Fsp3) is 0.429. The molecule has 1 aromatic rings. The second kappa shape index (κ2) is 7.69. The molecule has 0 amide bonds. The molecule has 1 unspecified atom stereocenters. The van der Waals surface area contributed by atoms with Crippen LogP contribution in [0.3, 0.4) is 0 Å². The quantitative estimate of drug-likeness (QED) is 0.615. The van der Waals surface area contributed by atoms with Gasteiger partial charge in [-0.2, -0.15) is 0 Å². The van der Waals surface area contributed by atoms with E-state index in [0.29, 0.717) is 6.54 Å². The van der Waals surface area contributed by atoms with Gasteiger partial charge in [0.1, 0.15) is 0 Å². The summed E-state index contributed by atoms with van der Waals surface area (Å²) >= 11 is 0. The number of halogens is 2. The van der Waals surface area contributed by atoms with Crippen molar-refractivity contribution in [3.8, 4) is 0 Å². The number of likely N-dealkylation sites (N-methyl/N-ethyl adjacent to an activating group) is 1. The summed E-state index contributed by atoms with van der Waals surface area (Å²) in [7, 11) is 1.27. The SMILES string of the molecule is CCNC(CCC(=O)OC)C(=O)c1ccc(F)c(F)c1. The molecule has 4 nitrogen and oxygen atoms in total. The maximum Gasteiger partial charge on any atom is 0.305 e. The first-order valence-corrected chi connectivity index (χ1v) is 6.29. The molecule has 0 bridgehead atoms. The molecule has 0 spiro atoms. The number of carbonyl (C=O) groups is 2. The smallest absolute Gasteiger partial charge is 0.305 e. The molecule has 0 aromatic heterocycles. The predicted octanol–water partition coefficient (Wildman–Crippen LogP) is 2.08. The number of benzene rings is 1. The van der Waals surface area contributed by atoms with Crippen molar-refractivity contribution < 1.29 is 23.1 Å². The van der Waals surface area contributed by atoms with Crippen LogP contribution in [-0.4, -0.2) is 31.4 Å². The fourth-order valence-corrected chi connectivity index (χ4v) is 1.79. The molecule has 0 saturated carbocycles. The van der Waals surface area contributed by atoms with Crippen LogP contribution in [-0.2, 0) is 9.53 Å². The second-order valence-corrected chi connectivity index (χ2v) is 4.22. The largest absolute Gasteiger partial charge is 0.469 e. The Morgan fingerprint density at radius 3 is 2.55 bits per heavy atom. The second-order valence-electron chi connectivity index (χ2n) is 4.22. The van der Waals surface area contributed by atoms with E-state index in [0.717, 1.165) is 12.1 Å². The summed E-state index contributed by atoms with van der Waals surface area (Å²) in [6, 6.07) is 2.36. The van der Waals surface area contributed by atoms with Gasteiger partial charge < -0.3 is 10.1 Å². The molecular weight excluding hydrogens is 268 g/mol. The Kier molecular flexibility index (Phi) is 6.24. The Labute approximate surface area is 116 Å². The number of hydrogen-bond donors (Lipinski definition) is 1. The Morgan fingerprint density at radius 1 is 1.30 bits per heavy atom. The standard InChI is InChI=1S/C14H17F2NO3/c1-3-17-12(6-7-13(18)20-2)14(19)9-4-5-10(15)11(16)8-9/h4-5,8,12,17H,3,6-7H2,1-2H3. The zero-order chi connectivity index (χ0) is 15.1. The van der Waals surface area contributed by atoms with Gasteiger partial charge in [-0.3, -0.25) is 9.59 Å².